The monoisotopic (exact) mass is 340 g/mol. The van der Waals surface area contributed by atoms with Gasteiger partial charge in [-0.1, -0.05) is 19.1 Å². The molecule has 0 fully saturated rings. The van der Waals surface area contributed by atoms with Gasteiger partial charge in [0.05, 0.1) is 24.7 Å². The topological polar surface area (TPSA) is 69.7 Å². The molecule has 2 atom stereocenters. The van der Waals surface area contributed by atoms with E-state index in [9.17, 15) is 14.4 Å². The van der Waals surface area contributed by atoms with E-state index in [-0.39, 0.29) is 11.9 Å². The smallest absolute Gasteiger partial charge is 0.316 e. The Labute approximate surface area is 146 Å². The van der Waals surface area contributed by atoms with Crippen LogP contribution in [-0.2, 0) is 30.9 Å². The van der Waals surface area contributed by atoms with Crippen LogP contribution in [0.15, 0.2) is 17.7 Å². The molecule has 3 aliphatic rings. The first-order chi connectivity index (χ1) is 11.9. The van der Waals surface area contributed by atoms with Gasteiger partial charge in [0, 0.05) is 17.0 Å². The average molecular weight is 340 g/mol. The average Bonchev–Trinajstić information content (AvgIpc) is 3.00. The van der Waals surface area contributed by atoms with Crippen LogP contribution in [0.4, 0.5) is 0 Å². The summed E-state index contributed by atoms with van der Waals surface area (Å²) >= 11 is 0. The van der Waals surface area contributed by atoms with E-state index >= 15 is 0 Å². The van der Waals surface area contributed by atoms with Crippen LogP contribution >= 0.6 is 0 Å². The molecule has 0 radical (unpaired) electrons. The summed E-state index contributed by atoms with van der Waals surface area (Å²) in [5.74, 6) is -0.784. The van der Waals surface area contributed by atoms with Gasteiger partial charge in [-0.15, -0.1) is 0 Å². The van der Waals surface area contributed by atoms with Crippen molar-refractivity contribution in [2.75, 3.05) is 13.7 Å². The predicted molar refractivity (Wildman–Crippen MR) is 90.1 cm³/mol. The third kappa shape index (κ3) is 1.98. The fraction of sp³-hybridized carbons (Fsp3) is 0.450. The number of benzene rings is 1. The van der Waals surface area contributed by atoms with Crippen LogP contribution in [0.3, 0.4) is 0 Å². The molecule has 1 aliphatic heterocycles. The largest absolute Gasteiger partial charge is 0.492 e. The van der Waals surface area contributed by atoms with Crippen LogP contribution in [-0.4, -0.2) is 31.3 Å². The Bertz CT molecular complexity index is 863. The van der Waals surface area contributed by atoms with E-state index in [1.807, 2.05) is 26.0 Å². The van der Waals surface area contributed by atoms with Crippen molar-refractivity contribution in [2.24, 2.45) is 5.92 Å². The van der Waals surface area contributed by atoms with Crippen molar-refractivity contribution < 1.29 is 23.9 Å². The van der Waals surface area contributed by atoms with Crippen LogP contribution in [0.25, 0.3) is 5.76 Å². The minimum Gasteiger partial charge on any atom is -0.492 e. The zero-order chi connectivity index (χ0) is 17.9. The zero-order valence-electron chi connectivity index (χ0n) is 14.6. The van der Waals surface area contributed by atoms with Crippen molar-refractivity contribution in [3.05, 3.63) is 40.0 Å². The van der Waals surface area contributed by atoms with Gasteiger partial charge in [0.15, 0.2) is 0 Å². The molecule has 5 nitrogen and oxygen atoms in total. The van der Waals surface area contributed by atoms with Crippen molar-refractivity contribution in [3.63, 3.8) is 0 Å². The van der Waals surface area contributed by atoms with E-state index < -0.39 is 17.0 Å². The molecule has 1 heterocycles. The number of esters is 1. The van der Waals surface area contributed by atoms with Gasteiger partial charge in [-0.25, -0.2) is 0 Å². The van der Waals surface area contributed by atoms with Crippen LogP contribution in [0, 0.1) is 5.92 Å². The minimum atomic E-state index is -0.792. The quantitative estimate of drug-likeness (QED) is 0.580. The minimum absolute atomic E-state index is 0.0732. The van der Waals surface area contributed by atoms with Crippen molar-refractivity contribution in [3.8, 4) is 0 Å². The Balaban J connectivity index is 1.98. The third-order valence-electron chi connectivity index (χ3n) is 5.78. The second kappa shape index (κ2) is 5.28. The molecule has 0 N–H and O–H groups in total. The number of carbonyl (C=O) groups is 3. The van der Waals surface area contributed by atoms with Crippen molar-refractivity contribution in [1.29, 1.82) is 0 Å². The highest BCUT2D eigenvalue weighted by atomic mass is 16.5. The number of rotatable bonds is 1. The van der Waals surface area contributed by atoms with Crippen LogP contribution < -0.4 is 0 Å². The fourth-order valence-electron chi connectivity index (χ4n) is 4.44. The lowest BCUT2D eigenvalue weighted by atomic mass is 9.68. The van der Waals surface area contributed by atoms with Crippen molar-refractivity contribution in [2.45, 2.75) is 38.5 Å². The van der Waals surface area contributed by atoms with Gasteiger partial charge in [0.25, 0.3) is 0 Å². The van der Waals surface area contributed by atoms with E-state index in [1.54, 1.807) is 0 Å². The van der Waals surface area contributed by atoms with Gasteiger partial charge in [0.1, 0.15) is 5.76 Å². The Morgan fingerprint density at radius 2 is 2.04 bits per heavy atom. The van der Waals surface area contributed by atoms with E-state index in [4.69, 9.17) is 9.47 Å². The van der Waals surface area contributed by atoms with Gasteiger partial charge in [0.2, 0.25) is 11.6 Å². The number of fused-ring (bicyclic) bond motifs is 4. The highest BCUT2D eigenvalue weighted by molar-refractivity contribution is 6.52. The molecule has 0 amide bonds. The van der Waals surface area contributed by atoms with E-state index in [1.165, 1.54) is 7.11 Å². The molecule has 25 heavy (non-hydrogen) atoms. The maximum atomic E-state index is 12.9. The van der Waals surface area contributed by atoms with Gasteiger partial charge in [-0.3, -0.25) is 14.4 Å². The lowest BCUT2D eigenvalue weighted by Gasteiger charge is -2.35. The SMILES string of the molecule is COC(=O)[C@@]1(C)CCCc2c1ccc1c2C(=O)C(=O)C2=C1OC[C@H]2C. The van der Waals surface area contributed by atoms with Crippen molar-refractivity contribution in [1.82, 2.24) is 0 Å². The molecule has 4 rings (SSSR count). The molecule has 130 valence electrons. The highest BCUT2D eigenvalue weighted by Crippen LogP contribution is 2.45. The number of hydrogen-bond acceptors (Lipinski definition) is 5. The van der Waals surface area contributed by atoms with E-state index in [0.29, 0.717) is 41.9 Å². The van der Waals surface area contributed by atoms with Gasteiger partial charge in [-0.05, 0) is 37.3 Å². The Morgan fingerprint density at radius 3 is 2.76 bits per heavy atom. The van der Waals surface area contributed by atoms with Crippen molar-refractivity contribution >= 4 is 23.3 Å². The summed E-state index contributed by atoms with van der Waals surface area (Å²) in [7, 11) is 1.37. The summed E-state index contributed by atoms with van der Waals surface area (Å²) < 4.78 is 10.7. The number of methoxy groups -OCH3 is 1. The lowest BCUT2D eigenvalue weighted by Crippen LogP contribution is -2.39. The summed E-state index contributed by atoms with van der Waals surface area (Å²) in [4.78, 5) is 37.9. The molecule has 0 saturated carbocycles. The second-order valence-corrected chi connectivity index (χ2v) is 7.30. The summed E-state index contributed by atoms with van der Waals surface area (Å²) in [6.07, 6.45) is 2.09. The molecule has 0 aromatic heterocycles. The number of ether oxygens (including phenoxy) is 2. The predicted octanol–water partition coefficient (Wildman–Crippen LogP) is 2.60. The Kier molecular flexibility index (Phi) is 3.39. The molecule has 5 heteroatoms. The van der Waals surface area contributed by atoms with E-state index in [0.717, 1.165) is 17.5 Å². The maximum Gasteiger partial charge on any atom is 0.316 e. The lowest BCUT2D eigenvalue weighted by molar-refractivity contribution is -0.147. The molecule has 1 aromatic carbocycles. The standard InChI is InChI=1S/C20H20O5/c1-10-9-25-18-12-6-7-13-11(15(12)17(22)16(21)14(10)18)5-4-8-20(13,2)19(23)24-3/h6-7,10H,4-5,8-9H2,1-3H3/t10-,20+/m1/s1. The van der Waals surface area contributed by atoms with Gasteiger partial charge in [-0.2, -0.15) is 0 Å². The summed E-state index contributed by atoms with van der Waals surface area (Å²) in [6.45, 7) is 4.16. The van der Waals surface area contributed by atoms with Gasteiger partial charge < -0.3 is 9.47 Å². The molecule has 0 unspecified atom stereocenters. The molecular formula is C20H20O5. The zero-order valence-corrected chi connectivity index (χ0v) is 14.6. The summed E-state index contributed by atoms with van der Waals surface area (Å²) in [5, 5.41) is 0. The first kappa shape index (κ1) is 16.1. The number of carbonyl (C=O) groups excluding carboxylic acids is 3. The molecular weight excluding hydrogens is 320 g/mol. The fourth-order valence-corrected chi connectivity index (χ4v) is 4.44. The van der Waals surface area contributed by atoms with Gasteiger partial charge >= 0.3 is 5.97 Å². The molecule has 0 spiro atoms. The molecule has 0 bridgehead atoms. The van der Waals surface area contributed by atoms with Crippen LogP contribution in [0.5, 0.6) is 0 Å². The summed E-state index contributed by atoms with van der Waals surface area (Å²) in [6, 6.07) is 3.71. The normalized spacial score (nSPS) is 27.4. The Hall–Kier alpha value is -2.43. The number of Topliss-reactive ketones (excluding diaryl/α,β-unsaturated/α-hetero) is 2. The highest BCUT2D eigenvalue weighted by Gasteiger charge is 2.46. The molecule has 2 aliphatic carbocycles. The molecule has 1 aromatic rings. The second-order valence-electron chi connectivity index (χ2n) is 7.30. The molecule has 0 saturated heterocycles. The first-order valence-corrected chi connectivity index (χ1v) is 8.61. The summed E-state index contributed by atoms with van der Waals surface area (Å²) in [5.41, 5.74) is 2.40. The first-order valence-electron chi connectivity index (χ1n) is 8.61. The number of hydrogen-bond donors (Lipinski definition) is 0. The van der Waals surface area contributed by atoms with Crippen LogP contribution in [0.2, 0.25) is 0 Å². The van der Waals surface area contributed by atoms with E-state index in [2.05, 4.69) is 0 Å². The maximum absolute atomic E-state index is 12.9. The third-order valence-corrected chi connectivity index (χ3v) is 5.78. The van der Waals surface area contributed by atoms with Crippen LogP contribution in [0.1, 0.15) is 53.7 Å². The Morgan fingerprint density at radius 1 is 1.28 bits per heavy atom. The number of ketones is 2.